The lowest BCUT2D eigenvalue weighted by Gasteiger charge is -2.22. The van der Waals surface area contributed by atoms with Crippen molar-refractivity contribution in [2.24, 2.45) is 0 Å². The topological polar surface area (TPSA) is 0 Å². The van der Waals surface area contributed by atoms with Gasteiger partial charge in [-0.2, -0.15) is 0 Å². The van der Waals surface area contributed by atoms with E-state index in [0.717, 1.165) is 6.16 Å². The minimum absolute atomic E-state index is 0.360. The fourth-order valence-corrected chi connectivity index (χ4v) is 8.12. The molecule has 0 heterocycles. The quantitative estimate of drug-likeness (QED) is 0.251. The first kappa shape index (κ1) is 24.0. The van der Waals surface area contributed by atoms with Crippen molar-refractivity contribution < 1.29 is 0 Å². The van der Waals surface area contributed by atoms with Crippen LogP contribution in [0.3, 0.4) is 0 Å². The van der Waals surface area contributed by atoms with Gasteiger partial charge in [0.05, 0.1) is 0 Å². The molecular weight excluding hydrogens is 398 g/mol. The highest BCUT2D eigenvalue weighted by atomic mass is 31.1. The number of rotatable bonds is 11. The van der Waals surface area contributed by atoms with Crippen molar-refractivity contribution in [3.8, 4) is 0 Å². The molecule has 0 amide bonds. The third-order valence-corrected chi connectivity index (χ3v) is 9.52. The standard InChI is InChI=1S/C28H32P2/c1-4-7-8-9-16-23-29(26-19-12-10-13-20-26)24-25-30(27(17-5-2)18-6-3)28-21-14-11-15-22-28/h4-23H,2,24-25H2,1,3H3/b7-4-,9-8-,18-6-,23-16+,27-17+. The van der Waals surface area contributed by atoms with Gasteiger partial charge in [-0.3, -0.25) is 0 Å². The smallest absolute Gasteiger partial charge is 0.0195 e. The summed E-state index contributed by atoms with van der Waals surface area (Å²) in [5, 5.41) is 4.25. The Kier molecular flexibility index (Phi) is 11.8. The molecule has 0 N–H and O–H groups in total. The molecule has 0 aliphatic heterocycles. The van der Waals surface area contributed by atoms with Gasteiger partial charge in [0.1, 0.15) is 0 Å². The van der Waals surface area contributed by atoms with Gasteiger partial charge < -0.3 is 0 Å². The van der Waals surface area contributed by atoms with Crippen LogP contribution in [0.15, 0.2) is 133 Å². The molecule has 2 aromatic rings. The number of benzene rings is 2. The lowest BCUT2D eigenvalue weighted by atomic mass is 10.4. The predicted octanol–water partition coefficient (Wildman–Crippen LogP) is 7.89. The first-order valence-electron chi connectivity index (χ1n) is 10.4. The molecule has 2 aromatic carbocycles. The van der Waals surface area contributed by atoms with Crippen molar-refractivity contribution in [2.75, 3.05) is 12.3 Å². The summed E-state index contributed by atoms with van der Waals surface area (Å²) in [5.41, 5.74) is 0. The van der Waals surface area contributed by atoms with Gasteiger partial charge in [-0.25, -0.2) is 0 Å². The van der Waals surface area contributed by atoms with Gasteiger partial charge in [0.2, 0.25) is 0 Å². The van der Waals surface area contributed by atoms with Crippen molar-refractivity contribution in [3.63, 3.8) is 0 Å². The van der Waals surface area contributed by atoms with Crippen LogP contribution in [0.1, 0.15) is 13.8 Å². The van der Waals surface area contributed by atoms with Gasteiger partial charge in [-0.1, -0.05) is 136 Å². The summed E-state index contributed by atoms with van der Waals surface area (Å²) in [7, 11) is -0.782. The average molecular weight is 431 g/mol. The zero-order valence-corrected chi connectivity index (χ0v) is 19.9. The van der Waals surface area contributed by atoms with Crippen molar-refractivity contribution in [2.45, 2.75) is 13.8 Å². The fourth-order valence-electron chi connectivity index (χ4n) is 3.05. The lowest BCUT2D eigenvalue weighted by Crippen LogP contribution is -2.09. The molecule has 2 rings (SSSR count). The van der Waals surface area contributed by atoms with E-state index in [4.69, 9.17) is 0 Å². The Morgan fingerprint density at radius 2 is 1.40 bits per heavy atom. The third-order valence-electron chi connectivity index (χ3n) is 4.45. The van der Waals surface area contributed by atoms with Crippen LogP contribution in [0.25, 0.3) is 0 Å². The Balaban J connectivity index is 2.29. The Bertz CT molecular complexity index is 887. The number of hydrogen-bond acceptors (Lipinski definition) is 0. The van der Waals surface area contributed by atoms with E-state index < -0.39 is 7.92 Å². The summed E-state index contributed by atoms with van der Waals surface area (Å²) < 4.78 is 0. The zero-order valence-electron chi connectivity index (χ0n) is 18.1. The number of hydrogen-bond donors (Lipinski definition) is 0. The first-order valence-corrected chi connectivity index (χ1v) is 13.5. The highest BCUT2D eigenvalue weighted by Crippen LogP contribution is 2.48. The van der Waals surface area contributed by atoms with E-state index in [1.807, 2.05) is 19.1 Å². The largest absolute Gasteiger partial charge is 0.0990 e. The second kappa shape index (κ2) is 14.7. The maximum Gasteiger partial charge on any atom is -0.0195 e. The van der Waals surface area contributed by atoms with Crippen molar-refractivity contribution in [1.29, 1.82) is 0 Å². The van der Waals surface area contributed by atoms with Crippen LogP contribution < -0.4 is 10.6 Å². The lowest BCUT2D eigenvalue weighted by molar-refractivity contribution is 1.50. The van der Waals surface area contributed by atoms with Crippen LogP contribution in [-0.2, 0) is 0 Å². The molecule has 0 spiro atoms. The summed E-state index contributed by atoms with van der Waals surface area (Å²) in [6, 6.07) is 21.9. The summed E-state index contributed by atoms with van der Waals surface area (Å²) in [6.07, 6.45) is 21.3. The Morgan fingerprint density at radius 1 is 0.767 bits per heavy atom. The van der Waals surface area contributed by atoms with Crippen molar-refractivity contribution >= 4 is 26.5 Å². The zero-order chi connectivity index (χ0) is 21.4. The van der Waals surface area contributed by atoms with Crippen LogP contribution in [0.4, 0.5) is 0 Å². The molecule has 0 saturated carbocycles. The summed E-state index contributed by atoms with van der Waals surface area (Å²) in [4.78, 5) is 0. The molecule has 30 heavy (non-hydrogen) atoms. The average Bonchev–Trinajstić information content (AvgIpc) is 2.79. The van der Waals surface area contributed by atoms with Crippen molar-refractivity contribution in [1.82, 2.24) is 0 Å². The SMILES string of the molecule is C=C/C=C(\C=C/C)P(CCP(/C=C/C=C\C=C/C)c1ccccc1)c1ccccc1. The molecule has 0 aliphatic carbocycles. The van der Waals surface area contributed by atoms with E-state index in [-0.39, 0.29) is 7.92 Å². The van der Waals surface area contributed by atoms with E-state index >= 15 is 0 Å². The number of allylic oxidation sites excluding steroid dienone is 10. The Morgan fingerprint density at radius 3 is 2.00 bits per heavy atom. The monoisotopic (exact) mass is 430 g/mol. The van der Waals surface area contributed by atoms with E-state index in [2.05, 4.69) is 123 Å². The maximum absolute atomic E-state index is 3.95. The molecular formula is C28H32P2. The van der Waals surface area contributed by atoms with Gasteiger partial charge in [-0.15, -0.1) is 0 Å². The highest BCUT2D eigenvalue weighted by Gasteiger charge is 2.17. The molecule has 0 aliphatic rings. The third kappa shape index (κ3) is 8.23. The second-order valence-corrected chi connectivity index (χ2v) is 11.1. The fraction of sp³-hybridized carbons (Fsp3) is 0.143. The molecule has 0 fully saturated rings. The molecule has 2 unspecified atom stereocenters. The molecule has 0 saturated heterocycles. The van der Waals surface area contributed by atoms with Crippen LogP contribution in [0.2, 0.25) is 0 Å². The molecule has 0 nitrogen and oxygen atoms in total. The summed E-state index contributed by atoms with van der Waals surface area (Å²) in [6.45, 7) is 8.07. The molecule has 0 bridgehead atoms. The normalized spacial score (nSPS) is 14.8. The minimum Gasteiger partial charge on any atom is -0.0990 e. The van der Waals surface area contributed by atoms with Crippen molar-refractivity contribution in [3.05, 3.63) is 133 Å². The van der Waals surface area contributed by atoms with E-state index in [9.17, 15) is 0 Å². The molecule has 2 heteroatoms. The van der Waals surface area contributed by atoms with Gasteiger partial charge >= 0.3 is 0 Å². The van der Waals surface area contributed by atoms with Gasteiger partial charge in [0.25, 0.3) is 0 Å². The van der Waals surface area contributed by atoms with E-state index in [1.165, 1.54) is 22.1 Å². The van der Waals surface area contributed by atoms with Crippen LogP contribution in [0, 0.1) is 0 Å². The highest BCUT2D eigenvalue weighted by molar-refractivity contribution is 7.73. The minimum atomic E-state index is -0.422. The van der Waals surface area contributed by atoms with E-state index in [0.29, 0.717) is 0 Å². The Labute approximate surface area is 185 Å². The molecule has 2 atom stereocenters. The van der Waals surface area contributed by atoms with Crippen LogP contribution in [-0.4, -0.2) is 12.3 Å². The van der Waals surface area contributed by atoms with E-state index in [1.54, 1.807) is 0 Å². The molecule has 154 valence electrons. The summed E-state index contributed by atoms with van der Waals surface area (Å²) >= 11 is 0. The molecule has 0 aromatic heterocycles. The maximum atomic E-state index is 3.95. The first-order chi connectivity index (χ1) is 14.8. The predicted molar refractivity (Wildman–Crippen MR) is 142 cm³/mol. The summed E-state index contributed by atoms with van der Waals surface area (Å²) in [5.74, 6) is 2.40. The van der Waals surface area contributed by atoms with Crippen LogP contribution >= 0.6 is 15.8 Å². The Hall–Kier alpha value is -2.26. The van der Waals surface area contributed by atoms with Gasteiger partial charge in [-0.05, 0) is 50.0 Å². The second-order valence-electron chi connectivity index (χ2n) is 6.60. The van der Waals surface area contributed by atoms with Crippen LogP contribution in [0.5, 0.6) is 0 Å². The van der Waals surface area contributed by atoms with Gasteiger partial charge in [0, 0.05) is 0 Å². The van der Waals surface area contributed by atoms with Gasteiger partial charge in [0.15, 0.2) is 0 Å². The molecule has 0 radical (unpaired) electrons.